The van der Waals surface area contributed by atoms with Gasteiger partial charge in [0.05, 0.1) is 11.6 Å². The van der Waals surface area contributed by atoms with Crippen molar-refractivity contribution in [3.8, 4) is 0 Å². The van der Waals surface area contributed by atoms with Gasteiger partial charge in [-0.05, 0) is 36.2 Å². The van der Waals surface area contributed by atoms with Crippen LogP contribution in [0.2, 0.25) is 0 Å². The highest BCUT2D eigenvalue weighted by atomic mass is 19.1. The third kappa shape index (κ3) is 4.17. The van der Waals surface area contributed by atoms with Crippen molar-refractivity contribution in [3.05, 3.63) is 59.7 Å². The molecule has 8 heteroatoms. The van der Waals surface area contributed by atoms with Crippen LogP contribution in [0.15, 0.2) is 42.5 Å². The molecule has 30 heavy (non-hydrogen) atoms. The minimum absolute atomic E-state index is 0.0230. The SMILES string of the molecule is O=C(Nc1cccc(CN2CCCC2=O)c1)C1CC(=O)N(c2ccc(F)cc2F)C1. The molecule has 2 fully saturated rings. The Balaban J connectivity index is 1.41. The third-order valence-corrected chi connectivity index (χ3v) is 5.44. The predicted octanol–water partition coefficient (Wildman–Crippen LogP) is 3.08. The van der Waals surface area contributed by atoms with Gasteiger partial charge in [0, 0.05) is 44.2 Å². The van der Waals surface area contributed by atoms with E-state index in [0.717, 1.165) is 24.6 Å². The Morgan fingerprint density at radius 3 is 2.67 bits per heavy atom. The molecular formula is C22H21F2N3O3. The highest BCUT2D eigenvalue weighted by Gasteiger charge is 2.36. The second-order valence-electron chi connectivity index (χ2n) is 7.61. The Labute approximate surface area is 172 Å². The number of benzene rings is 2. The fraction of sp³-hybridized carbons (Fsp3) is 0.318. The summed E-state index contributed by atoms with van der Waals surface area (Å²) >= 11 is 0. The summed E-state index contributed by atoms with van der Waals surface area (Å²) in [5.74, 6) is -2.82. The van der Waals surface area contributed by atoms with Crippen molar-refractivity contribution in [3.63, 3.8) is 0 Å². The van der Waals surface area contributed by atoms with Crippen LogP contribution in [0.1, 0.15) is 24.8 Å². The van der Waals surface area contributed by atoms with E-state index in [1.807, 2.05) is 6.07 Å². The molecule has 0 aromatic heterocycles. The number of hydrogen-bond donors (Lipinski definition) is 1. The first-order chi connectivity index (χ1) is 14.4. The molecule has 0 radical (unpaired) electrons. The average Bonchev–Trinajstić information content (AvgIpc) is 3.28. The van der Waals surface area contributed by atoms with Crippen molar-refractivity contribution in [2.45, 2.75) is 25.8 Å². The van der Waals surface area contributed by atoms with Crippen molar-refractivity contribution in [1.29, 1.82) is 0 Å². The van der Waals surface area contributed by atoms with Crippen molar-refractivity contribution >= 4 is 29.1 Å². The van der Waals surface area contributed by atoms with Crippen LogP contribution in [0.4, 0.5) is 20.2 Å². The fourth-order valence-electron chi connectivity index (χ4n) is 3.90. The molecule has 6 nitrogen and oxygen atoms in total. The summed E-state index contributed by atoms with van der Waals surface area (Å²) in [6.45, 7) is 1.24. The van der Waals surface area contributed by atoms with Gasteiger partial charge in [-0.2, -0.15) is 0 Å². The Bertz CT molecular complexity index is 1010. The minimum atomic E-state index is -0.839. The van der Waals surface area contributed by atoms with E-state index >= 15 is 0 Å². The van der Waals surface area contributed by atoms with Crippen molar-refractivity contribution < 1.29 is 23.2 Å². The van der Waals surface area contributed by atoms with Crippen LogP contribution in [-0.4, -0.2) is 35.7 Å². The molecule has 2 aliphatic rings. The summed E-state index contributed by atoms with van der Waals surface area (Å²) in [4.78, 5) is 39.7. The fourth-order valence-corrected chi connectivity index (χ4v) is 3.90. The number of nitrogens with one attached hydrogen (secondary N) is 1. The number of rotatable bonds is 5. The van der Waals surface area contributed by atoms with Crippen LogP contribution in [-0.2, 0) is 20.9 Å². The number of carbonyl (C=O) groups is 3. The van der Waals surface area contributed by atoms with Gasteiger partial charge in [-0.15, -0.1) is 0 Å². The van der Waals surface area contributed by atoms with Crippen molar-refractivity contribution in [1.82, 2.24) is 4.90 Å². The Morgan fingerprint density at radius 2 is 1.93 bits per heavy atom. The topological polar surface area (TPSA) is 69.7 Å². The zero-order valence-electron chi connectivity index (χ0n) is 16.2. The summed E-state index contributed by atoms with van der Waals surface area (Å²) in [5, 5.41) is 2.80. The number of halogens is 2. The van der Waals surface area contributed by atoms with E-state index in [1.165, 1.54) is 11.0 Å². The van der Waals surface area contributed by atoms with Gasteiger partial charge in [0.25, 0.3) is 0 Å². The molecule has 0 spiro atoms. The van der Waals surface area contributed by atoms with Crippen LogP contribution in [0, 0.1) is 17.6 Å². The summed E-state index contributed by atoms with van der Waals surface area (Å²) in [6.07, 6.45) is 1.37. The van der Waals surface area contributed by atoms with E-state index in [4.69, 9.17) is 0 Å². The molecule has 0 aliphatic carbocycles. The summed E-state index contributed by atoms with van der Waals surface area (Å²) in [7, 11) is 0. The number of amides is 3. The lowest BCUT2D eigenvalue weighted by molar-refractivity contribution is -0.128. The first-order valence-electron chi connectivity index (χ1n) is 9.84. The summed E-state index contributed by atoms with van der Waals surface area (Å²) in [6, 6.07) is 10.2. The standard InChI is InChI=1S/C22H21F2N3O3/c23-16-6-7-19(18(24)11-16)27-13-15(10-21(27)29)22(30)25-17-4-1-3-14(9-17)12-26-8-2-5-20(26)28/h1,3-4,6-7,9,11,15H,2,5,8,10,12-13H2,(H,25,30). The molecule has 2 saturated heterocycles. The third-order valence-electron chi connectivity index (χ3n) is 5.44. The first-order valence-corrected chi connectivity index (χ1v) is 9.84. The zero-order valence-corrected chi connectivity index (χ0v) is 16.2. The molecule has 0 bridgehead atoms. The van der Waals surface area contributed by atoms with E-state index in [-0.39, 0.29) is 36.4 Å². The van der Waals surface area contributed by atoms with Gasteiger partial charge >= 0.3 is 0 Å². The Kier molecular flexibility index (Phi) is 5.48. The van der Waals surface area contributed by atoms with Gasteiger partial charge in [0.1, 0.15) is 11.6 Å². The number of hydrogen-bond acceptors (Lipinski definition) is 3. The molecule has 1 unspecified atom stereocenters. The Hall–Kier alpha value is -3.29. The monoisotopic (exact) mass is 413 g/mol. The van der Waals surface area contributed by atoms with E-state index < -0.39 is 17.6 Å². The molecule has 4 rings (SSSR count). The molecule has 1 atom stereocenters. The maximum absolute atomic E-state index is 14.0. The molecule has 2 aliphatic heterocycles. The quantitative estimate of drug-likeness (QED) is 0.819. The normalized spacial score (nSPS) is 18.9. The van der Waals surface area contributed by atoms with Gasteiger partial charge < -0.3 is 15.1 Å². The highest BCUT2D eigenvalue weighted by molar-refractivity contribution is 6.03. The second kappa shape index (κ2) is 8.22. The van der Waals surface area contributed by atoms with Crippen LogP contribution in [0.3, 0.4) is 0 Å². The molecule has 2 aromatic carbocycles. The summed E-state index contributed by atoms with van der Waals surface area (Å²) in [5.41, 5.74) is 1.44. The lowest BCUT2D eigenvalue weighted by atomic mass is 10.1. The van der Waals surface area contributed by atoms with E-state index in [2.05, 4.69) is 5.32 Å². The van der Waals surface area contributed by atoms with Gasteiger partial charge in [0.15, 0.2) is 0 Å². The van der Waals surface area contributed by atoms with Crippen molar-refractivity contribution in [2.75, 3.05) is 23.3 Å². The van der Waals surface area contributed by atoms with Gasteiger partial charge in [-0.3, -0.25) is 14.4 Å². The number of likely N-dealkylation sites (tertiary alicyclic amines) is 1. The predicted molar refractivity (Wildman–Crippen MR) is 107 cm³/mol. The summed E-state index contributed by atoms with van der Waals surface area (Å²) < 4.78 is 27.2. The zero-order chi connectivity index (χ0) is 21.3. The lowest BCUT2D eigenvalue weighted by Crippen LogP contribution is -2.28. The van der Waals surface area contributed by atoms with Gasteiger partial charge in [-0.25, -0.2) is 8.78 Å². The van der Waals surface area contributed by atoms with Crippen LogP contribution in [0.5, 0.6) is 0 Å². The van der Waals surface area contributed by atoms with Crippen LogP contribution in [0.25, 0.3) is 0 Å². The van der Waals surface area contributed by atoms with E-state index in [0.29, 0.717) is 24.7 Å². The lowest BCUT2D eigenvalue weighted by Gasteiger charge is -2.18. The van der Waals surface area contributed by atoms with E-state index in [1.54, 1.807) is 23.1 Å². The molecule has 0 saturated carbocycles. The van der Waals surface area contributed by atoms with Gasteiger partial charge in [0.2, 0.25) is 17.7 Å². The molecule has 1 N–H and O–H groups in total. The maximum atomic E-state index is 14.0. The van der Waals surface area contributed by atoms with E-state index in [9.17, 15) is 23.2 Å². The second-order valence-corrected chi connectivity index (χ2v) is 7.61. The Morgan fingerprint density at radius 1 is 1.10 bits per heavy atom. The largest absolute Gasteiger partial charge is 0.338 e. The number of carbonyl (C=O) groups excluding carboxylic acids is 3. The molecule has 3 amide bonds. The van der Waals surface area contributed by atoms with Crippen molar-refractivity contribution in [2.24, 2.45) is 5.92 Å². The maximum Gasteiger partial charge on any atom is 0.229 e. The van der Waals surface area contributed by atoms with Gasteiger partial charge in [-0.1, -0.05) is 12.1 Å². The molecule has 2 heterocycles. The van der Waals surface area contributed by atoms with Crippen LogP contribution < -0.4 is 10.2 Å². The first kappa shape index (κ1) is 20.0. The van der Waals surface area contributed by atoms with Crippen LogP contribution >= 0.6 is 0 Å². The smallest absolute Gasteiger partial charge is 0.229 e. The molecule has 2 aromatic rings. The number of anilines is 2. The molecule has 156 valence electrons. The number of nitrogens with zero attached hydrogens (tertiary/aromatic N) is 2. The molecular weight excluding hydrogens is 392 g/mol. The highest BCUT2D eigenvalue weighted by Crippen LogP contribution is 2.28. The minimum Gasteiger partial charge on any atom is -0.338 e. The average molecular weight is 413 g/mol.